The highest BCUT2D eigenvalue weighted by molar-refractivity contribution is 5.99. The number of aromatic nitrogens is 1. The van der Waals surface area contributed by atoms with Crippen LogP contribution in [0.25, 0.3) is 0 Å². The number of nitrogens with zero attached hydrogens (tertiary/aromatic N) is 3. The van der Waals surface area contributed by atoms with Crippen LogP contribution in [-0.4, -0.2) is 59.0 Å². The topological polar surface area (TPSA) is 48.5 Å². The van der Waals surface area contributed by atoms with Gasteiger partial charge in [0.15, 0.2) is 0 Å². The minimum absolute atomic E-state index is 0.132. The molecule has 5 nitrogen and oxygen atoms in total. The van der Waals surface area contributed by atoms with Crippen molar-refractivity contribution < 1.29 is 4.79 Å². The Hall–Kier alpha value is -1.62. The normalized spacial score (nSPS) is 25.7. The molecule has 2 aliphatic rings. The molecule has 2 aliphatic heterocycles. The monoisotopic (exact) mass is 288 g/mol. The van der Waals surface area contributed by atoms with Crippen LogP contribution in [0.2, 0.25) is 0 Å². The highest BCUT2D eigenvalue weighted by atomic mass is 16.2. The van der Waals surface area contributed by atoms with Crippen LogP contribution in [0.3, 0.4) is 0 Å². The Bertz CT molecular complexity index is 519. The Labute approximate surface area is 126 Å². The summed E-state index contributed by atoms with van der Waals surface area (Å²) in [6.45, 7) is 8.01. The molecule has 0 bridgehead atoms. The van der Waals surface area contributed by atoms with Gasteiger partial charge in [-0.25, -0.2) is 0 Å². The Balaban J connectivity index is 1.81. The van der Waals surface area contributed by atoms with Gasteiger partial charge in [0, 0.05) is 37.9 Å². The second-order valence-electron chi connectivity index (χ2n) is 6.05. The molecule has 0 aromatic carbocycles. The van der Waals surface area contributed by atoms with Gasteiger partial charge >= 0.3 is 0 Å². The Morgan fingerprint density at radius 2 is 2.33 bits per heavy atom. The molecular weight excluding hydrogens is 264 g/mol. The Morgan fingerprint density at radius 3 is 3.14 bits per heavy atom. The first kappa shape index (κ1) is 14.3. The molecule has 3 rings (SSSR count). The van der Waals surface area contributed by atoms with E-state index in [4.69, 9.17) is 0 Å². The molecule has 2 saturated heterocycles. The number of piperazine rings is 1. The van der Waals surface area contributed by atoms with Crippen molar-refractivity contribution in [3.8, 4) is 0 Å². The first-order chi connectivity index (χ1) is 10.2. The van der Waals surface area contributed by atoms with Crippen molar-refractivity contribution in [3.63, 3.8) is 0 Å². The molecule has 0 saturated carbocycles. The lowest BCUT2D eigenvalue weighted by Gasteiger charge is -2.42. The molecule has 0 radical (unpaired) electrons. The first-order valence-electron chi connectivity index (χ1n) is 7.93. The van der Waals surface area contributed by atoms with Crippen LogP contribution in [-0.2, 0) is 0 Å². The quantitative estimate of drug-likeness (QED) is 0.922. The van der Waals surface area contributed by atoms with Gasteiger partial charge in [-0.1, -0.05) is 0 Å². The number of hydrogen-bond donors (Lipinski definition) is 1. The Morgan fingerprint density at radius 1 is 1.48 bits per heavy atom. The van der Waals surface area contributed by atoms with E-state index in [2.05, 4.69) is 22.1 Å². The summed E-state index contributed by atoms with van der Waals surface area (Å²) in [5.74, 6) is 0.132. The van der Waals surface area contributed by atoms with Crippen LogP contribution in [0.15, 0.2) is 18.5 Å². The molecule has 5 heteroatoms. The molecule has 2 atom stereocenters. The third kappa shape index (κ3) is 2.75. The number of amides is 1. The number of fused-ring (bicyclic) bond motifs is 1. The largest absolute Gasteiger partial charge is 0.383 e. The highest BCUT2D eigenvalue weighted by Crippen LogP contribution is 2.27. The molecule has 1 aromatic heterocycles. The summed E-state index contributed by atoms with van der Waals surface area (Å²) >= 11 is 0. The minimum atomic E-state index is 0.132. The van der Waals surface area contributed by atoms with Crippen LogP contribution in [0.4, 0.5) is 5.69 Å². The lowest BCUT2D eigenvalue weighted by Crippen LogP contribution is -2.56. The third-order valence-corrected chi connectivity index (χ3v) is 4.62. The van der Waals surface area contributed by atoms with E-state index in [0.29, 0.717) is 6.04 Å². The fraction of sp³-hybridized carbons (Fsp3) is 0.625. The summed E-state index contributed by atoms with van der Waals surface area (Å²) in [6.07, 6.45) is 5.92. The summed E-state index contributed by atoms with van der Waals surface area (Å²) in [4.78, 5) is 21.6. The number of carbonyl (C=O) groups excluding carboxylic acids is 1. The number of carbonyl (C=O) groups is 1. The predicted octanol–water partition coefficient (Wildman–Crippen LogP) is 1.82. The molecule has 114 valence electrons. The zero-order chi connectivity index (χ0) is 14.8. The van der Waals surface area contributed by atoms with Gasteiger partial charge < -0.3 is 10.2 Å². The van der Waals surface area contributed by atoms with Gasteiger partial charge in [0.05, 0.1) is 17.4 Å². The summed E-state index contributed by atoms with van der Waals surface area (Å²) in [5, 5.41) is 3.24. The zero-order valence-corrected chi connectivity index (χ0v) is 12.9. The van der Waals surface area contributed by atoms with Crippen LogP contribution < -0.4 is 5.32 Å². The minimum Gasteiger partial charge on any atom is -0.383 e. The summed E-state index contributed by atoms with van der Waals surface area (Å²) in [6, 6.07) is 2.65. The number of pyridine rings is 1. The standard InChI is InChI=1S/C16H24N4O/c1-3-18-15-9-17-7-6-14(15)16(21)20-11-13-5-4-8-19(13)10-12(20)2/h6-7,9,12-13,18H,3-5,8,10-11H2,1-2H3. The van der Waals surface area contributed by atoms with Crippen molar-refractivity contribution in [2.75, 3.05) is 31.5 Å². The van der Waals surface area contributed by atoms with Crippen LogP contribution in [0.5, 0.6) is 0 Å². The van der Waals surface area contributed by atoms with Gasteiger partial charge in [-0.15, -0.1) is 0 Å². The van der Waals surface area contributed by atoms with Gasteiger partial charge in [0.25, 0.3) is 5.91 Å². The van der Waals surface area contributed by atoms with Gasteiger partial charge in [-0.2, -0.15) is 0 Å². The molecular formula is C16H24N4O. The lowest BCUT2D eigenvalue weighted by atomic mass is 10.1. The van der Waals surface area contributed by atoms with Crippen LogP contribution in [0, 0.1) is 0 Å². The second kappa shape index (κ2) is 6.02. The van der Waals surface area contributed by atoms with E-state index >= 15 is 0 Å². The van der Waals surface area contributed by atoms with E-state index in [9.17, 15) is 4.79 Å². The smallest absolute Gasteiger partial charge is 0.256 e. The molecule has 3 heterocycles. The zero-order valence-electron chi connectivity index (χ0n) is 12.9. The Kier molecular flexibility index (Phi) is 4.10. The second-order valence-corrected chi connectivity index (χ2v) is 6.05. The van der Waals surface area contributed by atoms with E-state index < -0.39 is 0 Å². The maximum atomic E-state index is 12.9. The summed E-state index contributed by atoms with van der Waals surface area (Å²) in [5.41, 5.74) is 1.58. The number of nitrogens with one attached hydrogen (secondary N) is 1. The van der Waals surface area contributed by atoms with Crippen molar-refractivity contribution in [1.29, 1.82) is 0 Å². The van der Waals surface area contributed by atoms with Gasteiger partial charge in [-0.3, -0.25) is 14.7 Å². The predicted molar refractivity (Wildman–Crippen MR) is 83.5 cm³/mol. The molecule has 0 spiro atoms. The average molecular weight is 288 g/mol. The lowest BCUT2D eigenvalue weighted by molar-refractivity contribution is 0.0396. The van der Waals surface area contributed by atoms with Crippen molar-refractivity contribution in [2.45, 2.75) is 38.8 Å². The summed E-state index contributed by atoms with van der Waals surface area (Å²) < 4.78 is 0. The average Bonchev–Trinajstić information content (AvgIpc) is 2.94. The first-order valence-corrected chi connectivity index (χ1v) is 7.93. The van der Waals surface area contributed by atoms with Crippen molar-refractivity contribution in [1.82, 2.24) is 14.8 Å². The van der Waals surface area contributed by atoms with Gasteiger partial charge in [-0.05, 0) is 39.3 Å². The van der Waals surface area contributed by atoms with Gasteiger partial charge in [0.1, 0.15) is 0 Å². The fourth-order valence-electron chi connectivity index (χ4n) is 3.54. The molecule has 21 heavy (non-hydrogen) atoms. The van der Waals surface area contributed by atoms with E-state index in [-0.39, 0.29) is 11.9 Å². The molecule has 1 amide bonds. The molecule has 2 unspecified atom stereocenters. The van der Waals surface area contributed by atoms with Crippen molar-refractivity contribution in [3.05, 3.63) is 24.0 Å². The van der Waals surface area contributed by atoms with Gasteiger partial charge in [0.2, 0.25) is 0 Å². The molecule has 1 N–H and O–H groups in total. The molecule has 2 fully saturated rings. The number of anilines is 1. The SMILES string of the molecule is CCNc1cnccc1C(=O)N1CC2CCCN2CC1C. The van der Waals surface area contributed by atoms with Crippen LogP contribution >= 0.6 is 0 Å². The third-order valence-electron chi connectivity index (χ3n) is 4.62. The number of rotatable bonds is 3. The fourth-order valence-corrected chi connectivity index (χ4v) is 3.54. The maximum Gasteiger partial charge on any atom is 0.256 e. The maximum absolute atomic E-state index is 12.9. The van der Waals surface area contributed by atoms with E-state index in [0.717, 1.165) is 30.9 Å². The van der Waals surface area contributed by atoms with Crippen molar-refractivity contribution in [2.24, 2.45) is 0 Å². The van der Waals surface area contributed by atoms with Crippen molar-refractivity contribution >= 4 is 11.6 Å². The molecule has 1 aromatic rings. The van der Waals surface area contributed by atoms with E-state index in [1.54, 1.807) is 12.4 Å². The highest BCUT2D eigenvalue weighted by Gasteiger charge is 2.37. The molecule has 0 aliphatic carbocycles. The number of hydrogen-bond acceptors (Lipinski definition) is 4. The van der Waals surface area contributed by atoms with E-state index in [1.807, 2.05) is 17.9 Å². The van der Waals surface area contributed by atoms with Crippen LogP contribution in [0.1, 0.15) is 37.0 Å². The summed E-state index contributed by atoms with van der Waals surface area (Å²) in [7, 11) is 0. The van der Waals surface area contributed by atoms with E-state index in [1.165, 1.54) is 19.4 Å².